The van der Waals surface area contributed by atoms with Gasteiger partial charge in [-0.15, -0.1) is 0 Å². The highest BCUT2D eigenvalue weighted by molar-refractivity contribution is 5.78. The van der Waals surface area contributed by atoms with Crippen molar-refractivity contribution in [3.8, 4) is 0 Å². The second-order valence-electron chi connectivity index (χ2n) is 6.67. The summed E-state index contributed by atoms with van der Waals surface area (Å²) in [6.45, 7) is 6.34. The number of nitrogens with zero attached hydrogens (tertiary/aromatic N) is 2. The Hall–Kier alpha value is -2.21. The van der Waals surface area contributed by atoms with Crippen LogP contribution in [0, 0.1) is 25.6 Å². The Labute approximate surface area is 147 Å². The number of hydrogen-bond donors (Lipinski definition) is 1. The van der Waals surface area contributed by atoms with Gasteiger partial charge in [0, 0.05) is 13.1 Å². The van der Waals surface area contributed by atoms with Gasteiger partial charge in [0.15, 0.2) is 0 Å². The van der Waals surface area contributed by atoms with E-state index < -0.39 is 0 Å². The fraction of sp³-hybridized carbons (Fsp3) is 0.474. The zero-order valence-electron chi connectivity index (χ0n) is 14.7. The minimum absolute atomic E-state index is 0.0254. The van der Waals surface area contributed by atoms with Crippen molar-refractivity contribution in [2.24, 2.45) is 5.92 Å². The maximum Gasteiger partial charge on any atom is 0.224 e. The summed E-state index contributed by atoms with van der Waals surface area (Å²) in [5.41, 5.74) is 1.79. The first-order valence-electron chi connectivity index (χ1n) is 8.68. The quantitative estimate of drug-likeness (QED) is 0.905. The number of aryl methyl sites for hydroxylation is 2. The molecule has 1 aromatic carbocycles. The van der Waals surface area contributed by atoms with Crippen LogP contribution < -0.4 is 5.32 Å². The molecule has 1 unspecified atom stereocenters. The monoisotopic (exact) mass is 345 g/mol. The van der Waals surface area contributed by atoms with Gasteiger partial charge < -0.3 is 9.73 Å². The molecule has 1 fully saturated rings. The molecule has 2 aromatic rings. The zero-order valence-corrected chi connectivity index (χ0v) is 14.7. The van der Waals surface area contributed by atoms with Crippen LogP contribution in [-0.4, -0.2) is 28.9 Å². The third-order valence-electron chi connectivity index (χ3n) is 4.66. The van der Waals surface area contributed by atoms with Gasteiger partial charge in [0.1, 0.15) is 11.6 Å². The Kier molecular flexibility index (Phi) is 5.48. The van der Waals surface area contributed by atoms with Gasteiger partial charge in [-0.25, -0.2) is 9.37 Å². The third-order valence-corrected chi connectivity index (χ3v) is 4.66. The van der Waals surface area contributed by atoms with Crippen LogP contribution in [0.4, 0.5) is 4.39 Å². The van der Waals surface area contributed by atoms with Crippen molar-refractivity contribution in [3.63, 3.8) is 0 Å². The van der Waals surface area contributed by atoms with Gasteiger partial charge in [0.2, 0.25) is 11.8 Å². The van der Waals surface area contributed by atoms with Crippen molar-refractivity contribution < 1.29 is 13.6 Å². The van der Waals surface area contributed by atoms with Crippen LogP contribution in [0.3, 0.4) is 0 Å². The molecule has 1 aliphatic rings. The molecule has 1 aliphatic heterocycles. The van der Waals surface area contributed by atoms with E-state index in [2.05, 4.69) is 15.2 Å². The van der Waals surface area contributed by atoms with Gasteiger partial charge in [0.05, 0.1) is 18.2 Å². The highest BCUT2D eigenvalue weighted by Crippen LogP contribution is 2.19. The third kappa shape index (κ3) is 4.66. The van der Waals surface area contributed by atoms with E-state index in [9.17, 15) is 9.18 Å². The van der Waals surface area contributed by atoms with Crippen LogP contribution in [0.2, 0.25) is 0 Å². The van der Waals surface area contributed by atoms with Crippen LogP contribution in [0.1, 0.15) is 35.7 Å². The summed E-state index contributed by atoms with van der Waals surface area (Å²) in [7, 11) is 0. The van der Waals surface area contributed by atoms with Crippen LogP contribution >= 0.6 is 0 Å². The van der Waals surface area contributed by atoms with Gasteiger partial charge in [0.25, 0.3) is 0 Å². The minimum atomic E-state index is -0.222. The molecule has 1 amide bonds. The Morgan fingerprint density at radius 3 is 3.00 bits per heavy atom. The topological polar surface area (TPSA) is 58.4 Å². The maximum atomic E-state index is 13.3. The number of nitrogens with one attached hydrogen (secondary N) is 1. The molecule has 0 bridgehead atoms. The van der Waals surface area contributed by atoms with Gasteiger partial charge in [-0.2, -0.15) is 0 Å². The molecule has 134 valence electrons. The van der Waals surface area contributed by atoms with Crippen molar-refractivity contribution in [1.29, 1.82) is 0 Å². The number of likely N-dealkylation sites (tertiary alicyclic amines) is 1. The van der Waals surface area contributed by atoms with Gasteiger partial charge >= 0.3 is 0 Å². The Morgan fingerprint density at radius 2 is 2.28 bits per heavy atom. The summed E-state index contributed by atoms with van der Waals surface area (Å²) >= 11 is 0. The fourth-order valence-corrected chi connectivity index (χ4v) is 3.23. The molecule has 0 aliphatic carbocycles. The summed E-state index contributed by atoms with van der Waals surface area (Å²) in [5, 5.41) is 2.92. The first-order valence-corrected chi connectivity index (χ1v) is 8.68. The maximum absolute atomic E-state index is 13.3. The van der Waals surface area contributed by atoms with E-state index in [-0.39, 0.29) is 17.6 Å². The molecular weight excluding hydrogens is 321 g/mol. The molecular formula is C19H24FN3O2. The number of halogens is 1. The Morgan fingerprint density at radius 1 is 1.44 bits per heavy atom. The number of piperidine rings is 1. The number of benzene rings is 1. The summed E-state index contributed by atoms with van der Waals surface area (Å²) in [5.74, 6) is 1.07. The molecule has 1 saturated heterocycles. The van der Waals surface area contributed by atoms with Crippen LogP contribution in [0.25, 0.3) is 0 Å². The van der Waals surface area contributed by atoms with E-state index in [0.29, 0.717) is 25.5 Å². The number of carbonyl (C=O) groups excluding carboxylic acids is 1. The van der Waals surface area contributed by atoms with Crippen molar-refractivity contribution in [3.05, 3.63) is 53.0 Å². The van der Waals surface area contributed by atoms with Crippen molar-refractivity contribution in [1.82, 2.24) is 15.2 Å². The van der Waals surface area contributed by atoms with E-state index in [1.54, 1.807) is 12.1 Å². The minimum Gasteiger partial charge on any atom is -0.444 e. The van der Waals surface area contributed by atoms with Gasteiger partial charge in [-0.1, -0.05) is 12.1 Å². The molecule has 0 spiro atoms. The number of rotatable bonds is 5. The average molecular weight is 345 g/mol. The lowest BCUT2D eigenvalue weighted by atomic mass is 9.96. The van der Waals surface area contributed by atoms with Gasteiger partial charge in [-0.3, -0.25) is 9.69 Å². The molecule has 0 saturated carbocycles. The van der Waals surface area contributed by atoms with Crippen molar-refractivity contribution >= 4 is 5.91 Å². The lowest BCUT2D eigenvalue weighted by Gasteiger charge is -2.32. The summed E-state index contributed by atoms with van der Waals surface area (Å²) < 4.78 is 18.8. The molecule has 1 atom stereocenters. The van der Waals surface area contributed by atoms with Crippen LogP contribution in [0.5, 0.6) is 0 Å². The fourth-order valence-electron chi connectivity index (χ4n) is 3.23. The average Bonchev–Trinajstić information content (AvgIpc) is 2.91. The second kappa shape index (κ2) is 7.78. The van der Waals surface area contributed by atoms with Crippen molar-refractivity contribution in [2.45, 2.75) is 39.8 Å². The molecule has 1 N–H and O–H groups in total. The molecule has 2 heterocycles. The Balaban J connectivity index is 1.52. The van der Waals surface area contributed by atoms with Crippen molar-refractivity contribution in [2.75, 3.05) is 13.1 Å². The number of amides is 1. The second-order valence-corrected chi connectivity index (χ2v) is 6.67. The molecule has 5 nitrogen and oxygen atoms in total. The predicted molar refractivity (Wildman–Crippen MR) is 92.2 cm³/mol. The van der Waals surface area contributed by atoms with E-state index in [1.165, 1.54) is 6.07 Å². The Bertz CT molecular complexity index is 725. The van der Waals surface area contributed by atoms with Gasteiger partial charge in [-0.05, 0) is 50.9 Å². The SMILES string of the molecule is Cc1nc(CNC(=O)C2CCCN(Cc3cccc(F)c3)C2)oc1C. The molecule has 1 aromatic heterocycles. The zero-order chi connectivity index (χ0) is 17.8. The smallest absolute Gasteiger partial charge is 0.224 e. The lowest BCUT2D eigenvalue weighted by Crippen LogP contribution is -2.42. The standard InChI is InChI=1S/C19H24FN3O2/c1-13-14(2)25-18(22-13)10-21-19(24)16-6-4-8-23(12-16)11-15-5-3-7-17(20)9-15/h3,5,7,9,16H,4,6,8,10-12H2,1-2H3,(H,21,24). The summed E-state index contributed by atoms with van der Waals surface area (Å²) in [6, 6.07) is 6.64. The number of oxazole rings is 1. The summed E-state index contributed by atoms with van der Waals surface area (Å²) in [6.07, 6.45) is 1.83. The lowest BCUT2D eigenvalue weighted by molar-refractivity contribution is -0.127. The van der Waals surface area contributed by atoms with E-state index in [1.807, 2.05) is 19.9 Å². The van der Waals surface area contributed by atoms with E-state index >= 15 is 0 Å². The molecule has 6 heteroatoms. The highest BCUT2D eigenvalue weighted by Gasteiger charge is 2.26. The van der Waals surface area contributed by atoms with Crippen LogP contribution in [-0.2, 0) is 17.9 Å². The first kappa shape index (κ1) is 17.6. The molecule has 0 radical (unpaired) electrons. The molecule has 3 rings (SSSR count). The summed E-state index contributed by atoms with van der Waals surface area (Å²) in [4.78, 5) is 18.9. The highest BCUT2D eigenvalue weighted by atomic mass is 19.1. The number of hydrogen-bond acceptors (Lipinski definition) is 4. The largest absolute Gasteiger partial charge is 0.444 e. The molecule has 25 heavy (non-hydrogen) atoms. The number of aromatic nitrogens is 1. The normalized spacial score (nSPS) is 18.3. The van der Waals surface area contributed by atoms with Crippen LogP contribution in [0.15, 0.2) is 28.7 Å². The first-order chi connectivity index (χ1) is 12.0. The van der Waals surface area contributed by atoms with E-state index in [0.717, 1.165) is 36.4 Å². The predicted octanol–water partition coefficient (Wildman–Crippen LogP) is 2.96. The number of carbonyl (C=O) groups is 1. The van der Waals surface area contributed by atoms with E-state index in [4.69, 9.17) is 4.42 Å².